The third kappa shape index (κ3) is 9.30. The zero-order chi connectivity index (χ0) is 23.9. The van der Waals surface area contributed by atoms with Crippen molar-refractivity contribution < 1.29 is 4.39 Å². The van der Waals surface area contributed by atoms with E-state index in [-0.39, 0.29) is 5.92 Å². The van der Waals surface area contributed by atoms with Gasteiger partial charge in [-0.3, -0.25) is 0 Å². The van der Waals surface area contributed by atoms with Crippen molar-refractivity contribution in [3.63, 3.8) is 0 Å². The van der Waals surface area contributed by atoms with Crippen molar-refractivity contribution in [3.05, 3.63) is 71.3 Å². The minimum atomic E-state index is -0.652. The van der Waals surface area contributed by atoms with Crippen LogP contribution in [0.25, 0.3) is 0 Å². The summed E-state index contributed by atoms with van der Waals surface area (Å²) >= 11 is 0. The van der Waals surface area contributed by atoms with Crippen LogP contribution in [-0.2, 0) is 12.8 Å². The Morgan fingerprint density at radius 2 is 1.58 bits per heavy atom. The predicted octanol–water partition coefficient (Wildman–Crippen LogP) is 7.88. The molecule has 3 rings (SSSR count). The van der Waals surface area contributed by atoms with Gasteiger partial charge in [-0.15, -0.1) is 0 Å². The average Bonchev–Trinajstić information content (AvgIpc) is 2.85. The maximum atomic E-state index is 14.3. The van der Waals surface area contributed by atoms with Crippen LogP contribution in [-0.4, -0.2) is 30.2 Å². The number of aryl methyl sites for hydroxylation is 1. The van der Waals surface area contributed by atoms with E-state index in [1.165, 1.54) is 55.8 Å². The second kappa shape index (κ2) is 15.6. The molecular weight excluding hydrogens is 407 g/mol. The molecule has 0 N–H and O–H groups in total. The highest BCUT2D eigenvalue weighted by Crippen LogP contribution is 2.35. The summed E-state index contributed by atoms with van der Waals surface area (Å²) in [6, 6.07) is 22.1. The van der Waals surface area contributed by atoms with Crippen LogP contribution in [0, 0.1) is 11.3 Å². The predicted molar refractivity (Wildman–Crippen MR) is 138 cm³/mol. The molecule has 3 atom stereocenters. The Kier molecular flexibility index (Phi) is 12.8. The molecule has 1 saturated carbocycles. The molecule has 0 saturated heterocycles. The van der Waals surface area contributed by atoms with Crippen LogP contribution in [0.4, 0.5) is 4.39 Å². The van der Waals surface area contributed by atoms with Gasteiger partial charge in [0.1, 0.15) is 6.17 Å². The quantitative estimate of drug-likeness (QED) is 0.348. The largest absolute Gasteiger partial charge is 0.300 e. The lowest BCUT2D eigenvalue weighted by molar-refractivity contribution is 0.183. The van der Waals surface area contributed by atoms with Gasteiger partial charge >= 0.3 is 0 Å². The van der Waals surface area contributed by atoms with E-state index >= 15 is 0 Å². The molecule has 3 unspecified atom stereocenters. The van der Waals surface area contributed by atoms with Gasteiger partial charge in [-0.05, 0) is 68.2 Å². The zero-order valence-electron chi connectivity index (χ0n) is 21.0. The molecule has 0 bridgehead atoms. The number of benzene rings is 2. The van der Waals surface area contributed by atoms with Gasteiger partial charge in [0.25, 0.3) is 0 Å². The number of nitriles is 1. The Hall–Kier alpha value is -2.18. The molecule has 1 fully saturated rings. The van der Waals surface area contributed by atoms with E-state index in [0.717, 1.165) is 38.6 Å². The number of nitrogens with zero attached hydrogens (tertiary/aromatic N) is 2. The lowest BCUT2D eigenvalue weighted by Crippen LogP contribution is -2.37. The van der Waals surface area contributed by atoms with Crippen molar-refractivity contribution in [2.75, 3.05) is 13.1 Å². The highest BCUT2D eigenvalue weighted by Gasteiger charge is 2.26. The van der Waals surface area contributed by atoms with Gasteiger partial charge in [-0.2, -0.15) is 5.26 Å². The Morgan fingerprint density at radius 3 is 2.18 bits per heavy atom. The number of halogens is 1. The maximum absolute atomic E-state index is 14.3. The van der Waals surface area contributed by atoms with E-state index in [4.69, 9.17) is 5.26 Å². The molecular formula is C30H43FN2. The van der Waals surface area contributed by atoms with Gasteiger partial charge in [-0.25, -0.2) is 4.39 Å². The lowest BCUT2D eigenvalue weighted by Gasteiger charge is -2.31. The molecule has 0 aliphatic heterocycles. The standard InChI is InChI=1S/C28H40FN.C2H3N/c1-3-21-30(22-20-23-10-6-5-7-11-23)26(4-2)19-16-24-14-17-25(18-15-24)27-12-8-9-13-28(27)29;1-2-3/h5-7,10-11,14-15,17-18,26-28H,3-4,8-9,12-13,16,19-22H2,1-2H3;1H3. The van der Waals surface area contributed by atoms with Crippen LogP contribution in [0.3, 0.4) is 0 Å². The molecule has 0 radical (unpaired) electrons. The molecule has 2 aromatic carbocycles. The summed E-state index contributed by atoms with van der Waals surface area (Å²) in [5, 5.41) is 7.32. The Bertz CT molecular complexity index is 796. The molecule has 0 spiro atoms. The smallest absolute Gasteiger partial charge is 0.107 e. The zero-order valence-corrected chi connectivity index (χ0v) is 21.0. The number of alkyl halides is 1. The summed E-state index contributed by atoms with van der Waals surface area (Å²) in [4.78, 5) is 2.69. The first-order valence-electron chi connectivity index (χ1n) is 12.9. The summed E-state index contributed by atoms with van der Waals surface area (Å²) in [5.41, 5.74) is 4.02. The van der Waals surface area contributed by atoms with Crippen LogP contribution in [0.5, 0.6) is 0 Å². The van der Waals surface area contributed by atoms with Crippen LogP contribution in [0.1, 0.15) is 88.3 Å². The summed E-state index contributed by atoms with van der Waals surface area (Å²) in [6.07, 6.45) is 9.12. The lowest BCUT2D eigenvalue weighted by atomic mass is 9.82. The number of hydrogen-bond donors (Lipinski definition) is 0. The molecule has 33 heavy (non-hydrogen) atoms. The van der Waals surface area contributed by atoms with E-state index in [1.54, 1.807) is 6.07 Å². The van der Waals surface area contributed by atoms with Gasteiger partial charge in [-0.1, -0.05) is 81.3 Å². The Balaban J connectivity index is 0.00000122. The van der Waals surface area contributed by atoms with Crippen molar-refractivity contribution in [2.24, 2.45) is 0 Å². The van der Waals surface area contributed by atoms with E-state index in [2.05, 4.69) is 73.3 Å². The fourth-order valence-electron chi connectivity index (χ4n) is 5.05. The van der Waals surface area contributed by atoms with Crippen molar-refractivity contribution in [1.29, 1.82) is 5.26 Å². The first-order chi connectivity index (χ1) is 16.1. The highest BCUT2D eigenvalue weighted by molar-refractivity contribution is 5.27. The van der Waals surface area contributed by atoms with Gasteiger partial charge < -0.3 is 4.90 Å². The first-order valence-corrected chi connectivity index (χ1v) is 12.9. The van der Waals surface area contributed by atoms with Crippen molar-refractivity contribution in [3.8, 4) is 6.07 Å². The molecule has 2 nitrogen and oxygen atoms in total. The molecule has 180 valence electrons. The van der Waals surface area contributed by atoms with Gasteiger partial charge in [0, 0.05) is 25.4 Å². The van der Waals surface area contributed by atoms with Gasteiger partial charge in [0.15, 0.2) is 0 Å². The fraction of sp³-hybridized carbons (Fsp3) is 0.567. The minimum Gasteiger partial charge on any atom is -0.300 e. The summed E-state index contributed by atoms with van der Waals surface area (Å²) in [6.45, 7) is 8.34. The maximum Gasteiger partial charge on any atom is 0.107 e. The second-order valence-corrected chi connectivity index (χ2v) is 9.24. The monoisotopic (exact) mass is 450 g/mol. The van der Waals surface area contributed by atoms with Crippen LogP contribution >= 0.6 is 0 Å². The molecule has 0 amide bonds. The Morgan fingerprint density at radius 1 is 0.939 bits per heavy atom. The number of hydrogen-bond acceptors (Lipinski definition) is 2. The van der Waals surface area contributed by atoms with E-state index < -0.39 is 6.17 Å². The van der Waals surface area contributed by atoms with Gasteiger partial charge in [0.05, 0.1) is 6.07 Å². The van der Waals surface area contributed by atoms with Crippen LogP contribution in [0.15, 0.2) is 54.6 Å². The molecule has 1 aliphatic rings. The average molecular weight is 451 g/mol. The van der Waals surface area contributed by atoms with E-state index in [1.807, 2.05) is 0 Å². The molecule has 0 aromatic heterocycles. The normalized spacial score (nSPS) is 18.8. The first kappa shape index (κ1) is 27.1. The summed E-state index contributed by atoms with van der Waals surface area (Å²) in [5.74, 6) is 0.120. The van der Waals surface area contributed by atoms with E-state index in [9.17, 15) is 4.39 Å². The second-order valence-electron chi connectivity index (χ2n) is 9.24. The van der Waals surface area contributed by atoms with Crippen molar-refractivity contribution >= 4 is 0 Å². The summed E-state index contributed by atoms with van der Waals surface area (Å²) < 4.78 is 14.3. The van der Waals surface area contributed by atoms with Gasteiger partial charge in [0.2, 0.25) is 0 Å². The van der Waals surface area contributed by atoms with E-state index in [0.29, 0.717) is 6.04 Å². The van der Waals surface area contributed by atoms with Crippen molar-refractivity contribution in [1.82, 2.24) is 4.90 Å². The molecule has 2 aromatic rings. The highest BCUT2D eigenvalue weighted by atomic mass is 19.1. The molecule has 0 heterocycles. The Labute approximate surface area is 201 Å². The summed E-state index contributed by atoms with van der Waals surface area (Å²) in [7, 11) is 0. The van der Waals surface area contributed by atoms with Crippen LogP contribution in [0.2, 0.25) is 0 Å². The third-order valence-corrected chi connectivity index (χ3v) is 6.88. The topological polar surface area (TPSA) is 27.0 Å². The SMILES string of the molecule is CC#N.CCCN(CCc1ccccc1)C(CC)CCc1ccc(C2CCCCC2F)cc1. The molecule has 1 aliphatic carbocycles. The number of rotatable bonds is 11. The molecule has 3 heteroatoms. The fourth-order valence-corrected chi connectivity index (χ4v) is 5.05. The van der Waals surface area contributed by atoms with Crippen LogP contribution < -0.4 is 0 Å². The van der Waals surface area contributed by atoms with Crippen molar-refractivity contribution in [2.45, 2.75) is 96.7 Å². The third-order valence-electron chi connectivity index (χ3n) is 6.88. The minimum absolute atomic E-state index is 0.120.